The smallest absolute Gasteiger partial charge is 0.245 e. The van der Waals surface area contributed by atoms with Crippen LogP contribution in [0.15, 0.2) is 34.0 Å². The molecule has 0 aliphatic rings. The molecule has 0 aliphatic carbocycles. The molecule has 0 aromatic carbocycles. The molecule has 11 heteroatoms. The number of anilines is 1. The van der Waals surface area contributed by atoms with Crippen molar-refractivity contribution in [2.75, 3.05) is 18.4 Å². The highest BCUT2D eigenvalue weighted by Crippen LogP contribution is 2.15. The van der Waals surface area contributed by atoms with Gasteiger partial charge < -0.3 is 9.84 Å². The van der Waals surface area contributed by atoms with Crippen LogP contribution in [0.3, 0.4) is 0 Å². The van der Waals surface area contributed by atoms with Crippen molar-refractivity contribution in [1.29, 1.82) is 0 Å². The average molecular weight is 377 g/mol. The molecule has 3 rings (SSSR count). The van der Waals surface area contributed by atoms with Crippen LogP contribution in [-0.4, -0.2) is 46.6 Å². The summed E-state index contributed by atoms with van der Waals surface area (Å²) < 4.78 is 32.5. The Hall–Kier alpha value is -2.79. The van der Waals surface area contributed by atoms with Crippen molar-refractivity contribution < 1.29 is 12.9 Å². The van der Waals surface area contributed by atoms with Crippen molar-refractivity contribution >= 4 is 15.8 Å². The minimum Gasteiger partial charge on any atom is -0.367 e. The third kappa shape index (κ3) is 3.73. The largest absolute Gasteiger partial charge is 0.367 e. The van der Waals surface area contributed by atoms with E-state index in [0.29, 0.717) is 18.2 Å². The van der Waals surface area contributed by atoms with Gasteiger partial charge in [0.25, 0.3) is 0 Å². The molecule has 3 heterocycles. The van der Waals surface area contributed by atoms with E-state index >= 15 is 0 Å². The molecule has 0 bridgehead atoms. The van der Waals surface area contributed by atoms with Gasteiger partial charge in [-0.25, -0.2) is 17.8 Å². The molecule has 0 spiro atoms. The maximum atomic E-state index is 11.9. The molecule has 3 aromatic heterocycles. The highest BCUT2D eigenvalue weighted by molar-refractivity contribution is 7.89. The molecule has 3 aromatic rings. The van der Waals surface area contributed by atoms with E-state index in [9.17, 15) is 8.42 Å². The molecular formula is C15H19N7O3S. The van der Waals surface area contributed by atoms with E-state index in [1.807, 2.05) is 20.8 Å². The first-order valence-electron chi connectivity index (χ1n) is 7.88. The van der Waals surface area contributed by atoms with Gasteiger partial charge in [0.1, 0.15) is 17.0 Å². The Morgan fingerprint density at radius 1 is 1.15 bits per heavy atom. The summed E-state index contributed by atoms with van der Waals surface area (Å²) in [6, 6.07) is 3.57. The Morgan fingerprint density at radius 3 is 2.54 bits per heavy atom. The summed E-state index contributed by atoms with van der Waals surface area (Å²) in [6.45, 7) is 6.46. The summed E-state index contributed by atoms with van der Waals surface area (Å²) in [5.74, 6) is 1.16. The lowest BCUT2D eigenvalue weighted by Crippen LogP contribution is -2.28. The van der Waals surface area contributed by atoms with Gasteiger partial charge in [0.05, 0.1) is 11.9 Å². The van der Waals surface area contributed by atoms with Crippen LogP contribution in [0.2, 0.25) is 0 Å². The number of aromatic nitrogens is 5. The predicted octanol–water partition coefficient (Wildman–Crippen LogP) is 0.966. The molecule has 0 aliphatic heterocycles. The van der Waals surface area contributed by atoms with Gasteiger partial charge in [-0.2, -0.15) is 5.10 Å². The number of nitrogens with zero attached hydrogens (tertiary/aromatic N) is 5. The zero-order valence-electron chi connectivity index (χ0n) is 14.6. The Morgan fingerprint density at radius 2 is 1.96 bits per heavy atom. The molecule has 0 fully saturated rings. The van der Waals surface area contributed by atoms with Gasteiger partial charge in [-0.05, 0) is 38.5 Å². The van der Waals surface area contributed by atoms with Crippen LogP contribution in [0.25, 0.3) is 5.82 Å². The molecule has 2 N–H and O–H groups in total. The number of rotatable bonds is 7. The molecule has 0 saturated heterocycles. The molecule has 0 saturated carbocycles. The topological polar surface area (TPSA) is 128 Å². The molecule has 0 amide bonds. The Kier molecular flexibility index (Phi) is 5.00. The minimum atomic E-state index is -3.61. The summed E-state index contributed by atoms with van der Waals surface area (Å²) in [7, 11) is -3.61. The lowest BCUT2D eigenvalue weighted by molar-refractivity contribution is 0.417. The fraction of sp³-hybridized carbons (Fsp3) is 0.333. The molecule has 0 radical (unpaired) electrons. The number of sulfonamides is 1. The van der Waals surface area contributed by atoms with E-state index in [1.54, 1.807) is 16.8 Å². The Balaban J connectivity index is 1.56. The van der Waals surface area contributed by atoms with E-state index in [1.165, 1.54) is 0 Å². The van der Waals surface area contributed by atoms with Gasteiger partial charge in [-0.15, -0.1) is 10.2 Å². The van der Waals surface area contributed by atoms with Crippen molar-refractivity contribution in [2.24, 2.45) is 0 Å². The molecule has 26 heavy (non-hydrogen) atoms. The first-order valence-corrected chi connectivity index (χ1v) is 9.36. The zero-order chi connectivity index (χ0) is 18.7. The molecule has 0 unspecified atom stereocenters. The number of hydrogen-bond acceptors (Lipinski definition) is 8. The van der Waals surface area contributed by atoms with Crippen LogP contribution in [0.4, 0.5) is 5.82 Å². The summed E-state index contributed by atoms with van der Waals surface area (Å²) in [4.78, 5) is -0.0122. The van der Waals surface area contributed by atoms with Crippen molar-refractivity contribution in [1.82, 2.24) is 29.9 Å². The van der Waals surface area contributed by atoms with Gasteiger partial charge in [-0.3, -0.25) is 0 Å². The standard InChI is InChI=1S/C15H19N7O3S/c1-10-11(2)21-22(12(10)3)15-5-4-14(19-20-15)16-6-7-18-26(23,24)13-8-17-25-9-13/h4-5,8-9,18H,6-7H2,1-3H3,(H,16,19). The van der Waals surface area contributed by atoms with Crippen LogP contribution in [0.5, 0.6) is 0 Å². The maximum absolute atomic E-state index is 11.9. The van der Waals surface area contributed by atoms with Crippen LogP contribution < -0.4 is 10.0 Å². The van der Waals surface area contributed by atoms with Crippen molar-refractivity contribution in [2.45, 2.75) is 25.7 Å². The van der Waals surface area contributed by atoms with E-state index in [4.69, 9.17) is 0 Å². The quantitative estimate of drug-likeness (QED) is 0.583. The third-order valence-electron chi connectivity index (χ3n) is 3.96. The van der Waals surface area contributed by atoms with Crippen molar-refractivity contribution in [3.8, 4) is 5.82 Å². The monoisotopic (exact) mass is 377 g/mol. The fourth-order valence-electron chi connectivity index (χ4n) is 2.26. The fourth-order valence-corrected chi connectivity index (χ4v) is 3.15. The third-order valence-corrected chi connectivity index (χ3v) is 5.37. The summed E-state index contributed by atoms with van der Waals surface area (Å²) in [5, 5.41) is 19.1. The highest BCUT2D eigenvalue weighted by atomic mass is 32.2. The molecule has 0 atom stereocenters. The van der Waals surface area contributed by atoms with Crippen LogP contribution in [-0.2, 0) is 10.0 Å². The molecular weight excluding hydrogens is 358 g/mol. The first kappa shape index (κ1) is 18.0. The lowest BCUT2D eigenvalue weighted by atomic mass is 10.2. The summed E-state index contributed by atoms with van der Waals surface area (Å²) in [5.41, 5.74) is 3.08. The summed E-state index contributed by atoms with van der Waals surface area (Å²) in [6.07, 6.45) is 2.21. The van der Waals surface area contributed by atoms with E-state index in [-0.39, 0.29) is 11.4 Å². The maximum Gasteiger partial charge on any atom is 0.245 e. The lowest BCUT2D eigenvalue weighted by Gasteiger charge is -2.07. The van der Waals surface area contributed by atoms with Gasteiger partial charge in [0.2, 0.25) is 10.0 Å². The number of aryl methyl sites for hydroxylation is 1. The Bertz CT molecular complexity index is 979. The van der Waals surface area contributed by atoms with Crippen molar-refractivity contribution in [3.05, 3.63) is 41.5 Å². The second-order valence-electron chi connectivity index (χ2n) is 5.67. The number of nitrogens with one attached hydrogen (secondary N) is 2. The molecule has 10 nitrogen and oxygen atoms in total. The molecule has 138 valence electrons. The first-order chi connectivity index (χ1) is 12.4. The van der Waals surface area contributed by atoms with Crippen LogP contribution >= 0.6 is 0 Å². The number of hydrogen-bond donors (Lipinski definition) is 2. The second kappa shape index (κ2) is 7.22. The highest BCUT2D eigenvalue weighted by Gasteiger charge is 2.15. The Labute approximate surface area is 150 Å². The minimum absolute atomic E-state index is 0.0122. The van der Waals surface area contributed by atoms with Crippen LogP contribution in [0.1, 0.15) is 17.0 Å². The van der Waals surface area contributed by atoms with Gasteiger partial charge in [0, 0.05) is 18.8 Å². The summed E-state index contributed by atoms with van der Waals surface area (Å²) >= 11 is 0. The van der Waals surface area contributed by atoms with E-state index < -0.39 is 10.0 Å². The second-order valence-corrected chi connectivity index (χ2v) is 7.44. The van der Waals surface area contributed by atoms with Crippen LogP contribution in [0, 0.1) is 20.8 Å². The predicted molar refractivity (Wildman–Crippen MR) is 93.5 cm³/mol. The SMILES string of the molecule is Cc1nn(-c2ccc(NCCNS(=O)(=O)c3cnoc3)nn2)c(C)c1C. The van der Waals surface area contributed by atoms with Crippen molar-refractivity contribution in [3.63, 3.8) is 0 Å². The average Bonchev–Trinajstić information content (AvgIpc) is 3.25. The van der Waals surface area contributed by atoms with E-state index in [0.717, 1.165) is 29.4 Å². The van der Waals surface area contributed by atoms with Gasteiger partial charge >= 0.3 is 0 Å². The van der Waals surface area contributed by atoms with Gasteiger partial charge in [0.15, 0.2) is 5.82 Å². The zero-order valence-corrected chi connectivity index (χ0v) is 15.4. The van der Waals surface area contributed by atoms with Gasteiger partial charge in [-0.1, -0.05) is 5.16 Å². The van der Waals surface area contributed by atoms with E-state index in [2.05, 4.69) is 35.0 Å². The normalized spacial score (nSPS) is 11.7.